The van der Waals surface area contributed by atoms with Crippen LogP contribution in [0.1, 0.15) is 33.3 Å². The SMILES string of the molecule is CC(C)N(CCNS(=O)(=O)Cc1ccccc1)C(C)C. The molecule has 0 saturated carbocycles. The van der Waals surface area contributed by atoms with E-state index in [1.165, 1.54) is 0 Å². The van der Waals surface area contributed by atoms with Gasteiger partial charge in [-0.1, -0.05) is 30.3 Å². The van der Waals surface area contributed by atoms with Gasteiger partial charge in [-0.05, 0) is 33.3 Å². The van der Waals surface area contributed by atoms with Gasteiger partial charge >= 0.3 is 0 Å². The van der Waals surface area contributed by atoms with Crippen molar-refractivity contribution in [1.29, 1.82) is 0 Å². The van der Waals surface area contributed by atoms with Crippen LogP contribution in [0.15, 0.2) is 30.3 Å². The van der Waals surface area contributed by atoms with Gasteiger partial charge in [0.15, 0.2) is 0 Å². The van der Waals surface area contributed by atoms with Gasteiger partial charge in [0.2, 0.25) is 10.0 Å². The Morgan fingerprint density at radius 3 is 2.10 bits per heavy atom. The first kappa shape index (κ1) is 17.1. The number of rotatable bonds is 8. The fourth-order valence-corrected chi connectivity index (χ4v) is 3.42. The van der Waals surface area contributed by atoms with E-state index >= 15 is 0 Å². The summed E-state index contributed by atoms with van der Waals surface area (Å²) in [5.74, 6) is 0.0389. The van der Waals surface area contributed by atoms with Gasteiger partial charge < -0.3 is 0 Å². The molecule has 0 fully saturated rings. The van der Waals surface area contributed by atoms with Crippen molar-refractivity contribution in [1.82, 2.24) is 9.62 Å². The Labute approximate surface area is 123 Å². The predicted molar refractivity (Wildman–Crippen MR) is 84.0 cm³/mol. The molecular weight excluding hydrogens is 272 g/mol. The summed E-state index contributed by atoms with van der Waals surface area (Å²) in [5, 5.41) is 0. The zero-order valence-corrected chi connectivity index (χ0v) is 13.7. The number of hydrogen-bond acceptors (Lipinski definition) is 3. The molecule has 0 amide bonds. The molecule has 1 aromatic carbocycles. The number of benzene rings is 1. The van der Waals surface area contributed by atoms with Crippen LogP contribution in [-0.4, -0.2) is 38.5 Å². The summed E-state index contributed by atoms with van der Waals surface area (Å²) < 4.78 is 26.7. The third-order valence-electron chi connectivity index (χ3n) is 3.22. The Morgan fingerprint density at radius 1 is 1.05 bits per heavy atom. The minimum atomic E-state index is -3.26. The van der Waals surface area contributed by atoms with Crippen molar-refractivity contribution in [2.75, 3.05) is 13.1 Å². The standard InChI is InChI=1S/C15H26N2O2S/c1-13(2)17(14(3)4)11-10-16-20(18,19)12-15-8-6-5-7-9-15/h5-9,13-14,16H,10-12H2,1-4H3. The first-order valence-corrected chi connectivity index (χ1v) is 8.74. The van der Waals surface area contributed by atoms with E-state index in [1.807, 2.05) is 30.3 Å². The van der Waals surface area contributed by atoms with Crippen molar-refractivity contribution in [2.45, 2.75) is 45.5 Å². The summed E-state index contributed by atoms with van der Waals surface area (Å²) in [5.41, 5.74) is 0.810. The van der Waals surface area contributed by atoms with Crippen LogP contribution in [0.25, 0.3) is 0 Å². The molecule has 0 aliphatic carbocycles. The number of nitrogens with zero attached hydrogens (tertiary/aromatic N) is 1. The molecule has 0 aliphatic heterocycles. The maximum atomic E-state index is 12.0. The Bertz CT molecular complexity index is 476. The second-order valence-corrected chi connectivity index (χ2v) is 7.37. The number of sulfonamides is 1. The highest BCUT2D eigenvalue weighted by Crippen LogP contribution is 2.05. The lowest BCUT2D eigenvalue weighted by Gasteiger charge is -2.30. The van der Waals surface area contributed by atoms with Crippen molar-refractivity contribution in [3.63, 3.8) is 0 Å². The second-order valence-electron chi connectivity index (χ2n) is 5.56. The van der Waals surface area contributed by atoms with E-state index in [1.54, 1.807) is 0 Å². The van der Waals surface area contributed by atoms with Gasteiger partial charge in [0, 0.05) is 25.2 Å². The monoisotopic (exact) mass is 298 g/mol. The minimum Gasteiger partial charge on any atom is -0.297 e. The predicted octanol–water partition coefficient (Wildman–Crippen LogP) is 2.22. The van der Waals surface area contributed by atoms with Crippen molar-refractivity contribution >= 4 is 10.0 Å². The summed E-state index contributed by atoms with van der Waals surface area (Å²) in [6.07, 6.45) is 0. The average Bonchev–Trinajstić information content (AvgIpc) is 2.34. The third-order valence-corrected chi connectivity index (χ3v) is 4.58. The highest BCUT2D eigenvalue weighted by atomic mass is 32.2. The van der Waals surface area contributed by atoms with Crippen molar-refractivity contribution in [3.05, 3.63) is 35.9 Å². The third kappa shape index (κ3) is 6.03. The lowest BCUT2D eigenvalue weighted by Crippen LogP contribution is -2.42. The van der Waals surface area contributed by atoms with Crippen LogP contribution in [0.3, 0.4) is 0 Å². The molecule has 1 rings (SSSR count). The van der Waals surface area contributed by atoms with Gasteiger partial charge in [0.05, 0.1) is 5.75 Å². The zero-order valence-electron chi connectivity index (χ0n) is 12.8. The van der Waals surface area contributed by atoms with Crippen LogP contribution in [0, 0.1) is 0 Å². The van der Waals surface area contributed by atoms with Gasteiger partial charge in [0.25, 0.3) is 0 Å². The van der Waals surface area contributed by atoms with E-state index in [4.69, 9.17) is 0 Å². The van der Waals surface area contributed by atoms with E-state index in [0.717, 1.165) is 12.1 Å². The van der Waals surface area contributed by atoms with Crippen molar-refractivity contribution in [2.24, 2.45) is 0 Å². The molecule has 0 bridgehead atoms. The van der Waals surface area contributed by atoms with Crippen LogP contribution >= 0.6 is 0 Å². The quantitative estimate of drug-likeness (QED) is 0.800. The van der Waals surface area contributed by atoms with Crippen LogP contribution < -0.4 is 4.72 Å². The first-order valence-electron chi connectivity index (χ1n) is 7.09. The highest BCUT2D eigenvalue weighted by Gasteiger charge is 2.15. The normalized spacial score (nSPS) is 12.6. The Hall–Kier alpha value is -0.910. The molecule has 114 valence electrons. The number of nitrogens with one attached hydrogen (secondary N) is 1. The van der Waals surface area contributed by atoms with Crippen LogP contribution in [0.4, 0.5) is 0 Å². The molecule has 0 radical (unpaired) electrons. The molecular formula is C15H26N2O2S. The summed E-state index contributed by atoms with van der Waals surface area (Å²) in [6, 6.07) is 10.1. The minimum absolute atomic E-state index is 0.0389. The molecule has 0 aliphatic rings. The molecule has 20 heavy (non-hydrogen) atoms. The van der Waals surface area contributed by atoms with Gasteiger partial charge in [-0.15, -0.1) is 0 Å². The molecule has 0 aromatic heterocycles. The van der Waals surface area contributed by atoms with Gasteiger partial charge in [-0.25, -0.2) is 13.1 Å². The van der Waals surface area contributed by atoms with Gasteiger partial charge in [-0.2, -0.15) is 0 Å². The first-order chi connectivity index (χ1) is 9.32. The van der Waals surface area contributed by atoms with E-state index in [0.29, 0.717) is 18.6 Å². The lowest BCUT2D eigenvalue weighted by molar-refractivity contribution is 0.179. The van der Waals surface area contributed by atoms with Crippen LogP contribution in [0.2, 0.25) is 0 Å². The molecule has 0 unspecified atom stereocenters. The fraction of sp³-hybridized carbons (Fsp3) is 0.600. The maximum Gasteiger partial charge on any atom is 0.215 e. The fourth-order valence-electron chi connectivity index (χ4n) is 2.29. The van der Waals surface area contributed by atoms with Crippen molar-refractivity contribution < 1.29 is 8.42 Å². The van der Waals surface area contributed by atoms with Crippen LogP contribution in [-0.2, 0) is 15.8 Å². The summed E-state index contributed by atoms with van der Waals surface area (Å²) in [7, 11) is -3.26. The zero-order chi connectivity index (χ0) is 15.2. The molecule has 5 heteroatoms. The molecule has 1 N–H and O–H groups in total. The maximum absolute atomic E-state index is 12.0. The second kappa shape index (κ2) is 7.76. The van der Waals surface area contributed by atoms with Crippen molar-refractivity contribution in [3.8, 4) is 0 Å². The summed E-state index contributed by atoms with van der Waals surface area (Å²) in [6.45, 7) is 9.67. The number of hydrogen-bond donors (Lipinski definition) is 1. The largest absolute Gasteiger partial charge is 0.297 e. The molecule has 1 aromatic rings. The van der Waals surface area contributed by atoms with Gasteiger partial charge in [-0.3, -0.25) is 4.90 Å². The lowest BCUT2D eigenvalue weighted by atomic mass is 10.2. The summed E-state index contributed by atoms with van der Waals surface area (Å²) in [4.78, 5) is 2.27. The van der Waals surface area contributed by atoms with E-state index in [2.05, 4.69) is 37.3 Å². The molecule has 0 heterocycles. The topological polar surface area (TPSA) is 49.4 Å². The smallest absolute Gasteiger partial charge is 0.215 e. The van der Waals surface area contributed by atoms with E-state index < -0.39 is 10.0 Å². The molecule has 4 nitrogen and oxygen atoms in total. The average molecular weight is 298 g/mol. The Balaban J connectivity index is 2.48. The molecule has 0 saturated heterocycles. The van der Waals surface area contributed by atoms with E-state index in [9.17, 15) is 8.42 Å². The highest BCUT2D eigenvalue weighted by molar-refractivity contribution is 7.88. The Morgan fingerprint density at radius 2 is 1.60 bits per heavy atom. The molecule has 0 atom stereocenters. The van der Waals surface area contributed by atoms with Gasteiger partial charge in [0.1, 0.15) is 0 Å². The Kier molecular flexibility index (Phi) is 6.65. The van der Waals surface area contributed by atoms with Crippen LogP contribution in [0.5, 0.6) is 0 Å². The summed E-state index contributed by atoms with van der Waals surface area (Å²) >= 11 is 0. The van der Waals surface area contributed by atoms with E-state index in [-0.39, 0.29) is 5.75 Å². The molecule has 0 spiro atoms.